The maximum Gasteiger partial charge on any atom is 0.222 e. The number of carbonyl (C=O) groups excluding carboxylic acids is 1. The van der Waals surface area contributed by atoms with E-state index in [4.69, 9.17) is 4.74 Å². The number of rotatable bonds is 4. The summed E-state index contributed by atoms with van der Waals surface area (Å²) in [7, 11) is 0. The highest BCUT2D eigenvalue weighted by Crippen LogP contribution is 2.49. The molecule has 2 aliphatic carbocycles. The van der Waals surface area contributed by atoms with Gasteiger partial charge >= 0.3 is 0 Å². The van der Waals surface area contributed by atoms with Crippen molar-refractivity contribution in [1.82, 2.24) is 10.6 Å². The Hall–Kier alpha value is -0.610. The zero-order chi connectivity index (χ0) is 13.2. The highest BCUT2D eigenvalue weighted by Gasteiger charge is 2.42. The van der Waals surface area contributed by atoms with Gasteiger partial charge in [-0.25, -0.2) is 0 Å². The maximum absolute atomic E-state index is 12.1. The third-order valence-electron chi connectivity index (χ3n) is 5.24. The average Bonchev–Trinajstić information content (AvgIpc) is 3.02. The summed E-state index contributed by atoms with van der Waals surface area (Å²) in [6, 6.07) is 0.333. The first-order chi connectivity index (χ1) is 9.22. The lowest BCUT2D eigenvalue weighted by atomic mass is 9.84. The second kappa shape index (κ2) is 5.80. The van der Waals surface area contributed by atoms with Crippen LogP contribution in [0.2, 0.25) is 0 Å². The van der Waals surface area contributed by atoms with Crippen LogP contribution in [-0.2, 0) is 9.53 Å². The highest BCUT2D eigenvalue weighted by molar-refractivity contribution is 5.76. The number of nitrogens with one attached hydrogen (secondary N) is 2. The van der Waals surface area contributed by atoms with E-state index in [1.54, 1.807) is 0 Å². The molecular weight excluding hydrogens is 240 g/mol. The van der Waals surface area contributed by atoms with Crippen LogP contribution >= 0.6 is 0 Å². The Morgan fingerprint density at radius 1 is 1.42 bits per heavy atom. The van der Waals surface area contributed by atoms with Gasteiger partial charge in [0.15, 0.2) is 0 Å². The minimum Gasteiger partial charge on any atom is -0.375 e. The second-order valence-electron chi connectivity index (χ2n) is 6.60. The molecule has 3 fully saturated rings. The fraction of sp³-hybridized carbons (Fsp3) is 0.933. The molecule has 0 aromatic carbocycles. The molecule has 19 heavy (non-hydrogen) atoms. The lowest BCUT2D eigenvalue weighted by molar-refractivity contribution is -0.125. The van der Waals surface area contributed by atoms with Crippen LogP contribution in [0, 0.1) is 17.8 Å². The van der Waals surface area contributed by atoms with Crippen LogP contribution in [0.1, 0.15) is 39.0 Å². The first kappa shape index (κ1) is 13.4. The molecule has 1 saturated heterocycles. The van der Waals surface area contributed by atoms with Crippen molar-refractivity contribution in [1.29, 1.82) is 0 Å². The SMILES string of the molecule is CC(NC(=O)CC1CNCCO1)C1CC2CCC1C2. The number of fused-ring (bicyclic) bond motifs is 2. The van der Waals surface area contributed by atoms with Crippen molar-refractivity contribution in [2.24, 2.45) is 17.8 Å². The van der Waals surface area contributed by atoms with Gasteiger partial charge in [-0.3, -0.25) is 4.79 Å². The molecule has 1 amide bonds. The fourth-order valence-electron chi connectivity index (χ4n) is 4.28. The van der Waals surface area contributed by atoms with Gasteiger partial charge in [-0.1, -0.05) is 6.42 Å². The first-order valence-corrected chi connectivity index (χ1v) is 7.84. The quantitative estimate of drug-likeness (QED) is 0.806. The Balaban J connectivity index is 1.43. The van der Waals surface area contributed by atoms with E-state index in [1.165, 1.54) is 25.7 Å². The Morgan fingerprint density at radius 3 is 2.95 bits per heavy atom. The molecule has 5 atom stereocenters. The minimum atomic E-state index is 0.0565. The van der Waals surface area contributed by atoms with Crippen LogP contribution in [0.15, 0.2) is 0 Å². The standard InChI is InChI=1S/C15H26N2O2/c1-10(14-7-11-2-3-12(14)6-11)17-15(18)8-13-9-16-4-5-19-13/h10-14,16H,2-9H2,1H3,(H,17,18). The van der Waals surface area contributed by atoms with Crippen LogP contribution in [0.3, 0.4) is 0 Å². The number of hydrogen-bond donors (Lipinski definition) is 2. The van der Waals surface area contributed by atoms with Gasteiger partial charge in [-0.15, -0.1) is 0 Å². The molecule has 5 unspecified atom stereocenters. The second-order valence-corrected chi connectivity index (χ2v) is 6.60. The minimum absolute atomic E-state index is 0.0565. The Morgan fingerprint density at radius 2 is 2.32 bits per heavy atom. The van der Waals surface area contributed by atoms with Gasteiger partial charge < -0.3 is 15.4 Å². The average molecular weight is 266 g/mol. The Kier molecular flexibility index (Phi) is 4.08. The van der Waals surface area contributed by atoms with E-state index < -0.39 is 0 Å². The summed E-state index contributed by atoms with van der Waals surface area (Å²) in [6.45, 7) is 4.61. The molecule has 108 valence electrons. The molecule has 0 aromatic rings. The topological polar surface area (TPSA) is 50.4 Å². The zero-order valence-electron chi connectivity index (χ0n) is 11.9. The van der Waals surface area contributed by atoms with Gasteiger partial charge in [0.05, 0.1) is 19.1 Å². The molecule has 3 aliphatic rings. The lowest BCUT2D eigenvalue weighted by Crippen LogP contribution is -2.45. The molecule has 0 spiro atoms. The van der Waals surface area contributed by atoms with Crippen LogP contribution in [-0.4, -0.2) is 37.7 Å². The van der Waals surface area contributed by atoms with Crippen molar-refractivity contribution < 1.29 is 9.53 Å². The number of amides is 1. The third-order valence-corrected chi connectivity index (χ3v) is 5.24. The van der Waals surface area contributed by atoms with Gasteiger partial charge in [0.25, 0.3) is 0 Å². The third kappa shape index (κ3) is 3.11. The number of hydrogen-bond acceptors (Lipinski definition) is 3. The molecule has 4 heteroatoms. The summed E-state index contributed by atoms with van der Waals surface area (Å²) in [6.07, 6.45) is 6.09. The van der Waals surface area contributed by atoms with E-state index in [1.807, 2.05) is 0 Å². The van der Waals surface area contributed by atoms with E-state index in [-0.39, 0.29) is 12.0 Å². The van der Waals surface area contributed by atoms with Crippen LogP contribution < -0.4 is 10.6 Å². The molecule has 3 rings (SSSR count). The van der Waals surface area contributed by atoms with Crippen molar-refractivity contribution in [2.45, 2.75) is 51.2 Å². The van der Waals surface area contributed by atoms with Crippen molar-refractivity contribution in [3.8, 4) is 0 Å². The summed E-state index contributed by atoms with van der Waals surface area (Å²) in [5.41, 5.74) is 0. The van der Waals surface area contributed by atoms with Crippen LogP contribution in [0.4, 0.5) is 0 Å². The Labute approximate surface area is 115 Å². The predicted molar refractivity (Wildman–Crippen MR) is 73.8 cm³/mol. The van der Waals surface area contributed by atoms with Crippen molar-refractivity contribution in [3.63, 3.8) is 0 Å². The number of ether oxygens (including phenoxy) is 1. The monoisotopic (exact) mass is 266 g/mol. The predicted octanol–water partition coefficient (Wildman–Crippen LogP) is 1.31. The molecule has 2 N–H and O–H groups in total. The largest absolute Gasteiger partial charge is 0.375 e. The van der Waals surface area contributed by atoms with Gasteiger partial charge in [-0.2, -0.15) is 0 Å². The van der Waals surface area contributed by atoms with E-state index in [9.17, 15) is 4.79 Å². The van der Waals surface area contributed by atoms with Gasteiger partial charge in [0, 0.05) is 19.1 Å². The summed E-state index contributed by atoms with van der Waals surface area (Å²) in [4.78, 5) is 12.1. The van der Waals surface area contributed by atoms with Crippen LogP contribution in [0.5, 0.6) is 0 Å². The molecule has 1 heterocycles. The molecule has 2 saturated carbocycles. The van der Waals surface area contributed by atoms with E-state index in [0.29, 0.717) is 18.4 Å². The van der Waals surface area contributed by atoms with E-state index >= 15 is 0 Å². The number of carbonyl (C=O) groups is 1. The van der Waals surface area contributed by atoms with Crippen molar-refractivity contribution in [3.05, 3.63) is 0 Å². The van der Waals surface area contributed by atoms with Crippen LogP contribution in [0.25, 0.3) is 0 Å². The smallest absolute Gasteiger partial charge is 0.222 e. The molecule has 0 aromatic heterocycles. The van der Waals surface area contributed by atoms with E-state index in [2.05, 4.69) is 17.6 Å². The highest BCUT2D eigenvalue weighted by atomic mass is 16.5. The van der Waals surface area contributed by atoms with Gasteiger partial charge in [0.2, 0.25) is 5.91 Å². The summed E-state index contributed by atoms with van der Waals surface area (Å²) < 4.78 is 5.58. The first-order valence-electron chi connectivity index (χ1n) is 7.84. The number of morpholine rings is 1. The summed E-state index contributed by atoms with van der Waals surface area (Å²) in [5, 5.41) is 6.47. The summed E-state index contributed by atoms with van der Waals surface area (Å²) in [5.74, 6) is 2.69. The van der Waals surface area contributed by atoms with Crippen molar-refractivity contribution >= 4 is 5.91 Å². The fourth-order valence-corrected chi connectivity index (χ4v) is 4.28. The maximum atomic E-state index is 12.1. The molecular formula is C15H26N2O2. The molecule has 2 bridgehead atoms. The van der Waals surface area contributed by atoms with Gasteiger partial charge in [-0.05, 0) is 43.9 Å². The summed E-state index contributed by atoms with van der Waals surface area (Å²) >= 11 is 0. The normalized spacial score (nSPS) is 39.2. The van der Waals surface area contributed by atoms with E-state index in [0.717, 1.165) is 31.5 Å². The molecule has 0 radical (unpaired) electrons. The van der Waals surface area contributed by atoms with Gasteiger partial charge in [0.1, 0.15) is 0 Å². The lowest BCUT2D eigenvalue weighted by Gasteiger charge is -2.29. The molecule has 4 nitrogen and oxygen atoms in total. The van der Waals surface area contributed by atoms with Crippen molar-refractivity contribution in [2.75, 3.05) is 19.7 Å². The Bertz CT molecular complexity index is 328. The molecule has 1 aliphatic heterocycles. The zero-order valence-corrected chi connectivity index (χ0v) is 11.9.